The first-order valence-electron chi connectivity index (χ1n) is 5.57. The second-order valence-corrected chi connectivity index (χ2v) is 4.88. The van der Waals surface area contributed by atoms with Gasteiger partial charge in [0.1, 0.15) is 24.0 Å². The molecule has 19 heavy (non-hydrogen) atoms. The first-order chi connectivity index (χ1) is 9.06. The van der Waals surface area contributed by atoms with Gasteiger partial charge < -0.3 is 10.5 Å². The summed E-state index contributed by atoms with van der Waals surface area (Å²) in [6.45, 7) is 0.118. The van der Waals surface area contributed by atoms with E-state index in [9.17, 15) is 4.39 Å². The van der Waals surface area contributed by atoms with Gasteiger partial charge in [0.25, 0.3) is 0 Å². The summed E-state index contributed by atoms with van der Waals surface area (Å²) in [4.78, 5) is 0. The van der Waals surface area contributed by atoms with Crippen LogP contribution in [0, 0.1) is 11.2 Å². The van der Waals surface area contributed by atoms with E-state index < -0.39 is 0 Å². The second kappa shape index (κ2) is 5.84. The highest BCUT2D eigenvalue weighted by Gasteiger charge is 2.05. The number of nitrogens with two attached hydrogens (primary N) is 1. The van der Waals surface area contributed by atoms with Gasteiger partial charge >= 0.3 is 0 Å². The molecule has 2 aromatic carbocycles. The standard InChI is InChI=1S/C14H12BrFN2O/c15-11-4-5-13(16)10(6-11)8-19-12-3-1-2-9(7-12)14(17)18/h1-7H,8H2,(H3,17,18). The summed E-state index contributed by atoms with van der Waals surface area (Å²) in [5.41, 5.74) is 6.43. The average Bonchev–Trinajstić information content (AvgIpc) is 2.40. The van der Waals surface area contributed by atoms with Crippen molar-refractivity contribution in [3.05, 3.63) is 63.9 Å². The summed E-state index contributed by atoms with van der Waals surface area (Å²) in [6.07, 6.45) is 0. The molecule has 0 spiro atoms. The van der Waals surface area contributed by atoms with Crippen LogP contribution in [0.25, 0.3) is 0 Å². The van der Waals surface area contributed by atoms with Crippen molar-refractivity contribution in [3.63, 3.8) is 0 Å². The number of ether oxygens (including phenoxy) is 1. The summed E-state index contributed by atoms with van der Waals surface area (Å²) < 4.78 is 19.8. The zero-order valence-electron chi connectivity index (χ0n) is 9.99. The van der Waals surface area contributed by atoms with Crippen LogP contribution in [0.4, 0.5) is 4.39 Å². The summed E-state index contributed by atoms with van der Waals surface area (Å²) in [5.74, 6) is 0.206. The number of hydrogen-bond acceptors (Lipinski definition) is 2. The molecule has 98 valence electrons. The molecule has 5 heteroatoms. The maximum Gasteiger partial charge on any atom is 0.129 e. The Balaban J connectivity index is 2.12. The Hall–Kier alpha value is -1.88. The minimum absolute atomic E-state index is 0.0286. The number of hydrogen-bond donors (Lipinski definition) is 2. The van der Waals surface area contributed by atoms with E-state index in [4.69, 9.17) is 15.9 Å². The van der Waals surface area contributed by atoms with Crippen LogP contribution in [0.1, 0.15) is 11.1 Å². The van der Waals surface area contributed by atoms with E-state index >= 15 is 0 Å². The van der Waals surface area contributed by atoms with Gasteiger partial charge in [-0.2, -0.15) is 0 Å². The Kier molecular flexibility index (Phi) is 4.16. The third-order valence-electron chi connectivity index (χ3n) is 2.55. The number of rotatable bonds is 4. The van der Waals surface area contributed by atoms with Crippen LogP contribution in [-0.2, 0) is 6.61 Å². The molecular formula is C14H12BrFN2O. The highest BCUT2D eigenvalue weighted by Crippen LogP contribution is 2.19. The average molecular weight is 323 g/mol. The molecule has 0 radical (unpaired) electrons. The van der Waals surface area contributed by atoms with E-state index in [1.807, 2.05) is 0 Å². The van der Waals surface area contributed by atoms with Crippen molar-refractivity contribution in [2.45, 2.75) is 6.61 Å². The summed E-state index contributed by atoms with van der Waals surface area (Å²) in [7, 11) is 0. The Morgan fingerprint density at radius 3 is 2.79 bits per heavy atom. The van der Waals surface area contributed by atoms with Gasteiger partial charge in [0.05, 0.1) is 0 Å². The molecule has 0 aliphatic carbocycles. The molecule has 0 fully saturated rings. The van der Waals surface area contributed by atoms with Crippen LogP contribution < -0.4 is 10.5 Å². The SMILES string of the molecule is N=C(N)c1cccc(OCc2cc(Br)ccc2F)c1. The van der Waals surface area contributed by atoms with Gasteiger partial charge in [-0.1, -0.05) is 28.1 Å². The van der Waals surface area contributed by atoms with E-state index in [-0.39, 0.29) is 18.3 Å². The minimum atomic E-state index is -0.314. The number of nitrogen functional groups attached to an aromatic ring is 1. The van der Waals surface area contributed by atoms with Crippen molar-refractivity contribution in [3.8, 4) is 5.75 Å². The third-order valence-corrected chi connectivity index (χ3v) is 3.04. The molecule has 0 saturated carbocycles. The van der Waals surface area contributed by atoms with Gasteiger partial charge in [-0.15, -0.1) is 0 Å². The van der Waals surface area contributed by atoms with Crippen LogP contribution in [0.15, 0.2) is 46.9 Å². The molecule has 2 rings (SSSR count). The molecule has 3 N–H and O–H groups in total. The predicted molar refractivity (Wildman–Crippen MR) is 75.9 cm³/mol. The monoisotopic (exact) mass is 322 g/mol. The zero-order chi connectivity index (χ0) is 13.8. The minimum Gasteiger partial charge on any atom is -0.489 e. The predicted octanol–water partition coefficient (Wildman–Crippen LogP) is 3.45. The summed E-state index contributed by atoms with van der Waals surface area (Å²) in [5, 5.41) is 7.35. The largest absolute Gasteiger partial charge is 0.489 e. The van der Waals surface area contributed by atoms with E-state index in [0.29, 0.717) is 16.9 Å². The molecule has 0 amide bonds. The Labute approximate surface area is 118 Å². The highest BCUT2D eigenvalue weighted by molar-refractivity contribution is 9.10. The maximum absolute atomic E-state index is 13.5. The van der Waals surface area contributed by atoms with E-state index in [1.54, 1.807) is 36.4 Å². The Morgan fingerprint density at radius 2 is 2.05 bits per heavy atom. The first kappa shape index (κ1) is 13.5. The van der Waals surface area contributed by atoms with Crippen molar-refractivity contribution in [1.29, 1.82) is 5.41 Å². The van der Waals surface area contributed by atoms with Gasteiger partial charge in [-0.25, -0.2) is 4.39 Å². The van der Waals surface area contributed by atoms with E-state index in [2.05, 4.69) is 15.9 Å². The fraction of sp³-hybridized carbons (Fsp3) is 0.0714. The Morgan fingerprint density at radius 1 is 1.26 bits per heavy atom. The maximum atomic E-state index is 13.5. The number of amidine groups is 1. The molecule has 0 aliphatic rings. The van der Waals surface area contributed by atoms with Crippen molar-refractivity contribution >= 4 is 21.8 Å². The van der Waals surface area contributed by atoms with Gasteiger partial charge in [0, 0.05) is 15.6 Å². The lowest BCUT2D eigenvalue weighted by atomic mass is 10.2. The third kappa shape index (κ3) is 3.54. The van der Waals surface area contributed by atoms with Crippen molar-refractivity contribution in [2.24, 2.45) is 5.73 Å². The molecule has 0 heterocycles. The van der Waals surface area contributed by atoms with E-state index in [0.717, 1.165) is 4.47 Å². The lowest BCUT2D eigenvalue weighted by Gasteiger charge is -2.08. The summed E-state index contributed by atoms with van der Waals surface area (Å²) in [6, 6.07) is 11.5. The van der Waals surface area contributed by atoms with Crippen LogP contribution in [0.3, 0.4) is 0 Å². The fourth-order valence-corrected chi connectivity index (χ4v) is 1.98. The number of nitrogens with one attached hydrogen (secondary N) is 1. The number of benzene rings is 2. The number of halogens is 2. The summed E-state index contributed by atoms with van der Waals surface area (Å²) >= 11 is 3.29. The normalized spacial score (nSPS) is 10.2. The topological polar surface area (TPSA) is 59.1 Å². The second-order valence-electron chi connectivity index (χ2n) is 3.97. The van der Waals surface area contributed by atoms with Crippen LogP contribution in [-0.4, -0.2) is 5.84 Å². The molecular weight excluding hydrogens is 311 g/mol. The highest BCUT2D eigenvalue weighted by atomic mass is 79.9. The van der Waals surface area contributed by atoms with Gasteiger partial charge in [0.15, 0.2) is 0 Å². The molecule has 0 unspecified atom stereocenters. The van der Waals surface area contributed by atoms with E-state index in [1.165, 1.54) is 6.07 Å². The van der Waals surface area contributed by atoms with Crippen molar-refractivity contribution in [1.82, 2.24) is 0 Å². The lowest BCUT2D eigenvalue weighted by Crippen LogP contribution is -2.10. The quantitative estimate of drug-likeness (QED) is 0.669. The van der Waals surface area contributed by atoms with Gasteiger partial charge in [0.2, 0.25) is 0 Å². The van der Waals surface area contributed by atoms with Crippen LogP contribution in [0.2, 0.25) is 0 Å². The van der Waals surface area contributed by atoms with Crippen molar-refractivity contribution in [2.75, 3.05) is 0 Å². The lowest BCUT2D eigenvalue weighted by molar-refractivity contribution is 0.299. The molecule has 0 aliphatic heterocycles. The molecule has 0 bridgehead atoms. The van der Waals surface area contributed by atoms with Crippen LogP contribution in [0.5, 0.6) is 5.75 Å². The molecule has 2 aromatic rings. The Bertz CT molecular complexity index is 616. The van der Waals surface area contributed by atoms with Gasteiger partial charge in [-0.05, 0) is 30.3 Å². The smallest absolute Gasteiger partial charge is 0.129 e. The van der Waals surface area contributed by atoms with Crippen molar-refractivity contribution < 1.29 is 9.13 Å². The molecule has 3 nitrogen and oxygen atoms in total. The van der Waals surface area contributed by atoms with Gasteiger partial charge in [-0.3, -0.25) is 5.41 Å². The first-order valence-corrected chi connectivity index (χ1v) is 6.37. The molecule has 0 aromatic heterocycles. The molecule has 0 atom stereocenters. The fourth-order valence-electron chi connectivity index (χ4n) is 1.57. The zero-order valence-corrected chi connectivity index (χ0v) is 11.6. The molecule has 0 saturated heterocycles. The van der Waals surface area contributed by atoms with Crippen LogP contribution >= 0.6 is 15.9 Å².